The molecule has 5 nitrogen and oxygen atoms in total. The van der Waals surface area contributed by atoms with Crippen LogP contribution in [-0.4, -0.2) is 15.5 Å². The van der Waals surface area contributed by atoms with Crippen molar-refractivity contribution < 1.29 is 9.18 Å². The highest BCUT2D eigenvalue weighted by atomic mass is 35.5. The Morgan fingerprint density at radius 1 is 1.24 bits per heavy atom. The normalized spacial score (nSPS) is 11.0. The third-order valence-corrected chi connectivity index (χ3v) is 6.02. The molecule has 146 valence electrons. The van der Waals surface area contributed by atoms with E-state index in [-0.39, 0.29) is 23.8 Å². The van der Waals surface area contributed by atoms with E-state index in [1.165, 1.54) is 23.0 Å². The molecule has 0 aliphatic rings. The Bertz CT molecular complexity index is 1300. The zero-order chi connectivity index (χ0) is 20.5. The number of thiophene rings is 1. The molecule has 2 heterocycles. The number of rotatable bonds is 4. The van der Waals surface area contributed by atoms with Crippen LogP contribution in [0.2, 0.25) is 5.02 Å². The summed E-state index contributed by atoms with van der Waals surface area (Å²) in [5.41, 5.74) is 1.43. The van der Waals surface area contributed by atoms with Crippen LogP contribution in [0.1, 0.15) is 20.8 Å². The summed E-state index contributed by atoms with van der Waals surface area (Å²) in [4.78, 5) is 30.9. The summed E-state index contributed by atoms with van der Waals surface area (Å²) in [5.74, 6) is -0.718. The number of nitrogens with one attached hydrogen (secondary N) is 1. The second-order valence-corrected chi connectivity index (χ2v) is 7.88. The van der Waals surface area contributed by atoms with Gasteiger partial charge in [0.05, 0.1) is 33.8 Å². The Labute approximate surface area is 174 Å². The lowest BCUT2D eigenvalue weighted by atomic mass is 10.2. The first-order valence-electron chi connectivity index (χ1n) is 8.73. The maximum Gasteiger partial charge on any atom is 0.266 e. The average molecular weight is 428 g/mol. The summed E-state index contributed by atoms with van der Waals surface area (Å²) in [7, 11) is 0. The number of hydrogen-bond donors (Lipinski definition) is 1. The average Bonchev–Trinajstić information content (AvgIpc) is 3.03. The predicted molar refractivity (Wildman–Crippen MR) is 114 cm³/mol. The van der Waals surface area contributed by atoms with Gasteiger partial charge in [-0.2, -0.15) is 0 Å². The maximum atomic E-state index is 13.4. The van der Waals surface area contributed by atoms with Gasteiger partial charge < -0.3 is 5.32 Å². The van der Waals surface area contributed by atoms with Gasteiger partial charge in [-0.1, -0.05) is 35.9 Å². The Balaban J connectivity index is 1.70. The number of carbonyl (C=O) groups excluding carboxylic acids is 1. The van der Waals surface area contributed by atoms with Gasteiger partial charge in [0.25, 0.3) is 11.5 Å². The molecular formula is C21H15ClFN3O2S. The molecule has 0 unspecified atom stereocenters. The Kier molecular flexibility index (Phi) is 5.17. The summed E-state index contributed by atoms with van der Waals surface area (Å²) in [5, 5.41) is 3.58. The van der Waals surface area contributed by atoms with Crippen molar-refractivity contribution in [3.05, 3.63) is 92.1 Å². The number of anilines is 1. The van der Waals surface area contributed by atoms with Gasteiger partial charge in [-0.05, 0) is 42.3 Å². The van der Waals surface area contributed by atoms with Gasteiger partial charge in [-0.15, -0.1) is 11.3 Å². The number of carbonyl (C=O) groups is 1. The third-order valence-electron chi connectivity index (χ3n) is 4.49. The molecule has 4 aromatic rings. The van der Waals surface area contributed by atoms with Crippen LogP contribution in [-0.2, 0) is 6.54 Å². The third kappa shape index (κ3) is 3.79. The van der Waals surface area contributed by atoms with Crippen molar-refractivity contribution in [1.82, 2.24) is 9.55 Å². The summed E-state index contributed by atoms with van der Waals surface area (Å²) < 4.78 is 14.8. The van der Waals surface area contributed by atoms with Crippen molar-refractivity contribution in [2.75, 3.05) is 5.32 Å². The lowest BCUT2D eigenvalue weighted by molar-refractivity contribution is 0.103. The van der Waals surface area contributed by atoms with E-state index < -0.39 is 0 Å². The molecule has 0 spiro atoms. The minimum atomic E-state index is -0.366. The molecule has 0 saturated heterocycles. The lowest BCUT2D eigenvalue weighted by Crippen LogP contribution is -2.21. The zero-order valence-corrected chi connectivity index (χ0v) is 16.9. The molecule has 4 rings (SSSR count). The number of fused-ring (bicyclic) bond motifs is 1. The summed E-state index contributed by atoms with van der Waals surface area (Å²) >= 11 is 7.25. The fourth-order valence-corrected chi connectivity index (χ4v) is 4.28. The van der Waals surface area contributed by atoms with E-state index in [4.69, 9.17) is 11.6 Å². The van der Waals surface area contributed by atoms with Gasteiger partial charge in [0, 0.05) is 0 Å². The number of hydrogen-bond acceptors (Lipinski definition) is 4. The van der Waals surface area contributed by atoms with Crippen molar-refractivity contribution in [3.63, 3.8) is 0 Å². The molecule has 2 aromatic carbocycles. The molecule has 0 fully saturated rings. The summed E-state index contributed by atoms with van der Waals surface area (Å²) in [6, 6.07) is 13.0. The quantitative estimate of drug-likeness (QED) is 0.506. The number of benzene rings is 2. The van der Waals surface area contributed by atoms with Crippen LogP contribution in [0.3, 0.4) is 0 Å². The van der Waals surface area contributed by atoms with Crippen LogP contribution < -0.4 is 10.9 Å². The summed E-state index contributed by atoms with van der Waals surface area (Å²) in [6.07, 6.45) is 1.42. The second-order valence-electron chi connectivity index (χ2n) is 6.48. The standard InChI is InChI=1S/C21H15ClFN3O2S/c1-12-17-20(29-18(12)19(27)25-16-8-3-2-7-15(16)22)24-11-26(21(17)28)10-13-5-4-6-14(23)9-13/h2-9,11H,10H2,1H3,(H,25,27). The Morgan fingerprint density at radius 2 is 2.03 bits per heavy atom. The van der Waals surface area contributed by atoms with Gasteiger partial charge in [0.15, 0.2) is 0 Å². The van der Waals surface area contributed by atoms with Crippen LogP contribution in [0.4, 0.5) is 10.1 Å². The number of halogens is 2. The zero-order valence-electron chi connectivity index (χ0n) is 15.3. The molecule has 0 atom stereocenters. The van der Waals surface area contributed by atoms with Crippen molar-refractivity contribution in [2.45, 2.75) is 13.5 Å². The number of aryl methyl sites for hydroxylation is 1. The number of nitrogens with zero attached hydrogens (tertiary/aromatic N) is 2. The van der Waals surface area contributed by atoms with E-state index in [2.05, 4.69) is 10.3 Å². The number of amides is 1. The van der Waals surface area contributed by atoms with E-state index in [0.29, 0.717) is 36.9 Å². The minimum Gasteiger partial charge on any atom is -0.320 e. The molecule has 0 aliphatic heterocycles. The van der Waals surface area contributed by atoms with Gasteiger partial charge >= 0.3 is 0 Å². The summed E-state index contributed by atoms with van der Waals surface area (Å²) in [6.45, 7) is 1.91. The molecule has 0 radical (unpaired) electrons. The van der Waals surface area contributed by atoms with Crippen LogP contribution in [0.5, 0.6) is 0 Å². The molecule has 8 heteroatoms. The predicted octanol–water partition coefficient (Wildman–Crippen LogP) is 4.86. The highest BCUT2D eigenvalue weighted by Gasteiger charge is 2.20. The maximum absolute atomic E-state index is 13.4. The Morgan fingerprint density at radius 3 is 2.79 bits per heavy atom. The topological polar surface area (TPSA) is 64.0 Å². The van der Waals surface area contributed by atoms with E-state index in [1.54, 1.807) is 43.3 Å². The molecular weight excluding hydrogens is 413 g/mol. The monoisotopic (exact) mass is 427 g/mol. The van der Waals surface area contributed by atoms with Gasteiger partial charge in [0.2, 0.25) is 0 Å². The first-order chi connectivity index (χ1) is 13.9. The molecule has 2 aromatic heterocycles. The van der Waals surface area contributed by atoms with E-state index in [1.807, 2.05) is 0 Å². The van der Waals surface area contributed by atoms with Crippen molar-refractivity contribution in [2.24, 2.45) is 0 Å². The van der Waals surface area contributed by atoms with Gasteiger partial charge in [-0.25, -0.2) is 9.37 Å². The van der Waals surface area contributed by atoms with Gasteiger partial charge in [-0.3, -0.25) is 14.2 Å². The highest BCUT2D eigenvalue weighted by Crippen LogP contribution is 2.29. The number of aromatic nitrogens is 2. The molecule has 1 N–H and O–H groups in total. The SMILES string of the molecule is Cc1c(C(=O)Nc2ccccc2Cl)sc2ncn(Cc3cccc(F)c3)c(=O)c12. The van der Waals surface area contributed by atoms with E-state index in [9.17, 15) is 14.0 Å². The first kappa shape index (κ1) is 19.3. The van der Waals surface area contributed by atoms with E-state index >= 15 is 0 Å². The van der Waals surface area contributed by atoms with Crippen molar-refractivity contribution in [3.8, 4) is 0 Å². The number of para-hydroxylation sites is 1. The van der Waals surface area contributed by atoms with Crippen LogP contribution in [0, 0.1) is 12.7 Å². The molecule has 1 amide bonds. The van der Waals surface area contributed by atoms with Crippen LogP contribution in [0.25, 0.3) is 10.2 Å². The second kappa shape index (κ2) is 7.77. The van der Waals surface area contributed by atoms with Crippen LogP contribution in [0.15, 0.2) is 59.7 Å². The molecule has 29 heavy (non-hydrogen) atoms. The van der Waals surface area contributed by atoms with Crippen molar-refractivity contribution in [1.29, 1.82) is 0 Å². The lowest BCUT2D eigenvalue weighted by Gasteiger charge is -2.06. The molecule has 0 bridgehead atoms. The smallest absolute Gasteiger partial charge is 0.266 e. The first-order valence-corrected chi connectivity index (χ1v) is 9.92. The fourth-order valence-electron chi connectivity index (χ4n) is 3.06. The highest BCUT2D eigenvalue weighted by molar-refractivity contribution is 7.20. The largest absolute Gasteiger partial charge is 0.320 e. The Hall–Kier alpha value is -3.03. The minimum absolute atomic E-state index is 0.190. The van der Waals surface area contributed by atoms with E-state index in [0.717, 1.165) is 11.3 Å². The van der Waals surface area contributed by atoms with Crippen LogP contribution >= 0.6 is 22.9 Å². The fraction of sp³-hybridized carbons (Fsp3) is 0.0952. The van der Waals surface area contributed by atoms with Gasteiger partial charge in [0.1, 0.15) is 10.6 Å². The van der Waals surface area contributed by atoms with Crippen molar-refractivity contribution >= 4 is 44.7 Å². The molecule has 0 aliphatic carbocycles. The molecule has 0 saturated carbocycles.